The van der Waals surface area contributed by atoms with Crippen LogP contribution in [0.25, 0.3) is 10.9 Å². The van der Waals surface area contributed by atoms with Crippen LogP contribution in [0, 0.1) is 11.3 Å². The molecule has 0 bridgehead atoms. The molecule has 0 spiro atoms. The molecule has 5 heteroatoms. The zero-order chi connectivity index (χ0) is 11.2. The van der Waals surface area contributed by atoms with Gasteiger partial charge in [0.15, 0.2) is 0 Å². The number of aryl methyl sites for hydroxylation is 1. The van der Waals surface area contributed by atoms with Gasteiger partial charge in [-0.1, -0.05) is 34.8 Å². The van der Waals surface area contributed by atoms with Crippen LogP contribution >= 0.6 is 34.8 Å². The molecule has 2 nitrogen and oxygen atoms in total. The molecule has 0 N–H and O–H groups in total. The smallest absolute Gasteiger partial charge is 0.127 e. The predicted octanol–water partition coefficient (Wildman–Crippen LogP) is 4.01. The van der Waals surface area contributed by atoms with E-state index in [2.05, 4.69) is 6.07 Å². The van der Waals surface area contributed by atoms with E-state index in [9.17, 15) is 0 Å². The molecule has 1 aromatic carbocycles. The lowest BCUT2D eigenvalue weighted by molar-refractivity contribution is 0.968. The van der Waals surface area contributed by atoms with Gasteiger partial charge in [0.2, 0.25) is 0 Å². The average molecular weight is 260 g/mol. The Morgan fingerprint density at radius 2 is 1.80 bits per heavy atom. The fourth-order valence-electron chi connectivity index (χ4n) is 1.51. The maximum atomic E-state index is 8.97. The molecule has 0 radical (unpaired) electrons. The van der Waals surface area contributed by atoms with Gasteiger partial charge in [0.25, 0.3) is 0 Å². The summed E-state index contributed by atoms with van der Waals surface area (Å²) in [4.78, 5) is 0. The van der Waals surface area contributed by atoms with Gasteiger partial charge in [-0.25, -0.2) is 0 Å². The van der Waals surface area contributed by atoms with E-state index < -0.39 is 0 Å². The third-order valence-corrected chi connectivity index (χ3v) is 3.45. The van der Waals surface area contributed by atoms with Crippen molar-refractivity contribution in [3.63, 3.8) is 0 Å². The molecule has 1 heterocycles. The highest BCUT2D eigenvalue weighted by Gasteiger charge is 2.14. The second-order valence-corrected chi connectivity index (χ2v) is 4.29. The maximum Gasteiger partial charge on any atom is 0.127 e. The van der Waals surface area contributed by atoms with Gasteiger partial charge in [-0.3, -0.25) is 0 Å². The van der Waals surface area contributed by atoms with Crippen molar-refractivity contribution in [1.82, 2.24) is 4.57 Å². The summed E-state index contributed by atoms with van der Waals surface area (Å²) in [6, 6.07) is 5.41. The van der Waals surface area contributed by atoms with Crippen LogP contribution in [0.15, 0.2) is 12.1 Å². The lowest BCUT2D eigenvalue weighted by Crippen LogP contribution is -1.86. The standard InChI is InChI=1S/C10H5Cl3N2/c1-15-9-3-8(12)7(11)2-5(9)6(4-14)10(15)13/h2-3H,1H3. The van der Waals surface area contributed by atoms with Crippen molar-refractivity contribution in [1.29, 1.82) is 5.26 Å². The molecule has 76 valence electrons. The van der Waals surface area contributed by atoms with Crippen LogP contribution in [0.1, 0.15) is 5.56 Å². The van der Waals surface area contributed by atoms with Gasteiger partial charge in [0, 0.05) is 12.4 Å². The summed E-state index contributed by atoms with van der Waals surface area (Å²) in [5.41, 5.74) is 1.22. The molecule has 0 amide bonds. The van der Waals surface area contributed by atoms with Crippen molar-refractivity contribution in [2.24, 2.45) is 7.05 Å². The largest absolute Gasteiger partial charge is 0.334 e. The number of nitriles is 1. The van der Waals surface area contributed by atoms with Gasteiger partial charge in [-0.05, 0) is 12.1 Å². The molecular formula is C10H5Cl3N2. The summed E-state index contributed by atoms with van der Waals surface area (Å²) in [5, 5.41) is 11.0. The first-order valence-electron chi connectivity index (χ1n) is 4.09. The number of halogens is 3. The first kappa shape index (κ1) is 10.6. The molecule has 2 rings (SSSR count). The predicted molar refractivity (Wildman–Crippen MR) is 62.7 cm³/mol. The van der Waals surface area contributed by atoms with E-state index in [1.165, 1.54) is 0 Å². The Morgan fingerprint density at radius 1 is 1.20 bits per heavy atom. The molecule has 0 aliphatic carbocycles. The molecule has 2 aromatic rings. The quantitative estimate of drug-likeness (QED) is 0.703. The summed E-state index contributed by atoms with van der Waals surface area (Å²) in [5.74, 6) is 0. The first-order valence-corrected chi connectivity index (χ1v) is 5.22. The Bertz CT molecular complexity index is 593. The fourth-order valence-corrected chi connectivity index (χ4v) is 2.06. The molecular weight excluding hydrogens is 254 g/mol. The molecule has 1 aromatic heterocycles. The van der Waals surface area contributed by atoms with E-state index in [4.69, 9.17) is 40.1 Å². The zero-order valence-corrected chi connectivity index (χ0v) is 9.95. The zero-order valence-electron chi connectivity index (χ0n) is 7.68. The van der Waals surface area contributed by atoms with Gasteiger partial charge in [0.1, 0.15) is 11.2 Å². The van der Waals surface area contributed by atoms with Crippen molar-refractivity contribution >= 4 is 45.7 Å². The Morgan fingerprint density at radius 3 is 2.40 bits per heavy atom. The van der Waals surface area contributed by atoms with Crippen molar-refractivity contribution in [3.05, 3.63) is 32.9 Å². The summed E-state index contributed by atoms with van der Waals surface area (Å²) in [6.07, 6.45) is 0. The number of rotatable bonds is 0. The number of hydrogen-bond donors (Lipinski definition) is 0. The molecule has 0 atom stereocenters. The van der Waals surface area contributed by atoms with E-state index in [1.807, 2.05) is 0 Å². The highest BCUT2D eigenvalue weighted by atomic mass is 35.5. The van der Waals surface area contributed by atoms with E-state index in [0.717, 1.165) is 10.9 Å². The summed E-state index contributed by atoms with van der Waals surface area (Å²) in [7, 11) is 1.77. The van der Waals surface area contributed by atoms with Crippen molar-refractivity contribution < 1.29 is 0 Å². The van der Waals surface area contributed by atoms with E-state index in [0.29, 0.717) is 20.8 Å². The fraction of sp³-hybridized carbons (Fsp3) is 0.100. The Hall–Kier alpha value is -0.880. The van der Waals surface area contributed by atoms with E-state index >= 15 is 0 Å². The summed E-state index contributed by atoms with van der Waals surface area (Å²) >= 11 is 17.8. The Kier molecular flexibility index (Phi) is 2.56. The minimum Gasteiger partial charge on any atom is -0.334 e. The van der Waals surface area contributed by atoms with Crippen LogP contribution in [0.3, 0.4) is 0 Å². The second-order valence-electron chi connectivity index (χ2n) is 3.12. The average Bonchev–Trinajstić information content (AvgIpc) is 2.42. The third kappa shape index (κ3) is 1.48. The normalized spacial score (nSPS) is 10.6. The topological polar surface area (TPSA) is 28.7 Å². The van der Waals surface area contributed by atoms with Crippen LogP contribution in [-0.2, 0) is 7.05 Å². The number of aromatic nitrogens is 1. The SMILES string of the molecule is Cn1c(Cl)c(C#N)c2cc(Cl)c(Cl)cc21. The van der Waals surface area contributed by atoms with E-state index in [-0.39, 0.29) is 0 Å². The number of fused-ring (bicyclic) bond motifs is 1. The maximum absolute atomic E-state index is 8.97. The van der Waals surface area contributed by atoms with Crippen LogP contribution in [0.2, 0.25) is 15.2 Å². The molecule has 0 saturated heterocycles. The van der Waals surface area contributed by atoms with Crippen LogP contribution in [0.4, 0.5) is 0 Å². The highest BCUT2D eigenvalue weighted by Crippen LogP contribution is 2.34. The molecule has 0 saturated carbocycles. The highest BCUT2D eigenvalue weighted by molar-refractivity contribution is 6.43. The van der Waals surface area contributed by atoms with Gasteiger partial charge < -0.3 is 4.57 Å². The van der Waals surface area contributed by atoms with Crippen molar-refractivity contribution in [2.45, 2.75) is 0 Å². The van der Waals surface area contributed by atoms with Crippen LogP contribution in [-0.4, -0.2) is 4.57 Å². The summed E-state index contributed by atoms with van der Waals surface area (Å²) in [6.45, 7) is 0. The van der Waals surface area contributed by atoms with Crippen molar-refractivity contribution in [2.75, 3.05) is 0 Å². The molecule has 15 heavy (non-hydrogen) atoms. The molecule has 0 fully saturated rings. The minimum absolute atomic E-state index is 0.394. The van der Waals surface area contributed by atoms with Gasteiger partial charge in [0.05, 0.1) is 21.1 Å². The van der Waals surface area contributed by atoms with Crippen LogP contribution < -0.4 is 0 Å². The van der Waals surface area contributed by atoms with E-state index in [1.54, 1.807) is 23.7 Å². The number of nitrogens with zero attached hydrogens (tertiary/aromatic N) is 2. The minimum atomic E-state index is 0.394. The second kappa shape index (κ2) is 3.61. The van der Waals surface area contributed by atoms with Crippen molar-refractivity contribution in [3.8, 4) is 6.07 Å². The lowest BCUT2D eigenvalue weighted by Gasteiger charge is -1.99. The first-order chi connectivity index (χ1) is 7.06. The number of benzene rings is 1. The third-order valence-electron chi connectivity index (χ3n) is 2.28. The lowest BCUT2D eigenvalue weighted by atomic mass is 10.2. The van der Waals surface area contributed by atoms with Gasteiger partial charge >= 0.3 is 0 Å². The van der Waals surface area contributed by atoms with Gasteiger partial charge in [-0.15, -0.1) is 0 Å². The Balaban J connectivity index is 3.00. The molecule has 0 aliphatic rings. The van der Waals surface area contributed by atoms with Gasteiger partial charge in [-0.2, -0.15) is 5.26 Å². The molecule has 0 aliphatic heterocycles. The summed E-state index contributed by atoms with van der Waals surface area (Å²) < 4.78 is 1.71. The van der Waals surface area contributed by atoms with Crippen LogP contribution in [0.5, 0.6) is 0 Å². The number of hydrogen-bond acceptors (Lipinski definition) is 1. The Labute approximate surface area is 102 Å². The monoisotopic (exact) mass is 258 g/mol. The molecule has 0 unspecified atom stereocenters.